The molecule has 0 radical (unpaired) electrons. The first-order chi connectivity index (χ1) is 10.0. The Balaban J connectivity index is 1.62. The highest BCUT2D eigenvalue weighted by Gasteiger charge is 2.32. The molecule has 0 aromatic heterocycles. The highest BCUT2D eigenvalue weighted by molar-refractivity contribution is 5.94. The first-order valence-corrected chi connectivity index (χ1v) is 8.22. The molecule has 3 nitrogen and oxygen atoms in total. The lowest BCUT2D eigenvalue weighted by atomic mass is 9.73. The molecule has 2 aliphatic carbocycles. The van der Waals surface area contributed by atoms with E-state index < -0.39 is 0 Å². The molecule has 21 heavy (non-hydrogen) atoms. The molecule has 1 aromatic rings. The topological polar surface area (TPSA) is 41.1 Å². The van der Waals surface area contributed by atoms with Crippen LogP contribution in [0.1, 0.15) is 62.7 Å². The largest absolute Gasteiger partial charge is 0.382 e. The first-order valence-electron chi connectivity index (χ1n) is 8.22. The van der Waals surface area contributed by atoms with Gasteiger partial charge >= 0.3 is 0 Å². The minimum Gasteiger partial charge on any atom is -0.382 e. The van der Waals surface area contributed by atoms with Crippen LogP contribution in [0.3, 0.4) is 0 Å². The summed E-state index contributed by atoms with van der Waals surface area (Å²) in [4.78, 5) is 12.0. The maximum atomic E-state index is 12.0. The second-order valence-electron chi connectivity index (χ2n) is 7.26. The maximum Gasteiger partial charge on any atom is 0.251 e. The van der Waals surface area contributed by atoms with E-state index in [2.05, 4.69) is 24.5 Å². The highest BCUT2D eigenvalue weighted by Crippen LogP contribution is 2.37. The van der Waals surface area contributed by atoms with Crippen LogP contribution in [0.15, 0.2) is 24.3 Å². The van der Waals surface area contributed by atoms with Gasteiger partial charge < -0.3 is 10.6 Å². The molecule has 114 valence electrons. The van der Waals surface area contributed by atoms with Gasteiger partial charge in [-0.1, -0.05) is 26.7 Å². The lowest BCUT2D eigenvalue weighted by Crippen LogP contribution is -2.38. The van der Waals surface area contributed by atoms with E-state index in [1.807, 2.05) is 24.3 Å². The number of carbonyl (C=O) groups is 1. The number of nitrogens with one attached hydrogen (secondary N) is 2. The van der Waals surface area contributed by atoms with E-state index in [-0.39, 0.29) is 5.91 Å². The standard InChI is InChI=1S/C18H26N2O/c1-18(2)12-4-3-5-16(18)19-14-8-6-13(7-9-14)17(21)20-15-10-11-15/h6-9,15-16,19H,3-5,10-12H2,1-2H3,(H,20,21). The average molecular weight is 286 g/mol. The van der Waals surface area contributed by atoms with Crippen molar-refractivity contribution in [3.63, 3.8) is 0 Å². The minimum atomic E-state index is 0.0575. The molecular formula is C18H26N2O. The van der Waals surface area contributed by atoms with Gasteiger partial charge in [-0.05, 0) is 55.4 Å². The molecule has 2 fully saturated rings. The van der Waals surface area contributed by atoms with Crippen LogP contribution in [0.5, 0.6) is 0 Å². The summed E-state index contributed by atoms with van der Waals surface area (Å²) in [7, 11) is 0. The van der Waals surface area contributed by atoms with Crippen molar-refractivity contribution in [3.8, 4) is 0 Å². The normalized spacial score (nSPS) is 24.4. The molecule has 0 aliphatic heterocycles. The smallest absolute Gasteiger partial charge is 0.251 e. The molecule has 3 rings (SSSR count). The Labute approximate surface area is 127 Å². The van der Waals surface area contributed by atoms with E-state index in [0.717, 1.165) is 24.1 Å². The van der Waals surface area contributed by atoms with Gasteiger partial charge in [0.25, 0.3) is 5.91 Å². The van der Waals surface area contributed by atoms with Crippen LogP contribution in [0, 0.1) is 5.41 Å². The van der Waals surface area contributed by atoms with E-state index >= 15 is 0 Å². The van der Waals surface area contributed by atoms with Gasteiger partial charge in [0.05, 0.1) is 0 Å². The van der Waals surface area contributed by atoms with Crippen LogP contribution in [-0.4, -0.2) is 18.0 Å². The molecule has 0 spiro atoms. The number of rotatable bonds is 4. The fraction of sp³-hybridized carbons (Fsp3) is 0.611. The predicted octanol–water partition coefficient (Wildman–Crippen LogP) is 3.96. The number of amides is 1. The zero-order valence-electron chi connectivity index (χ0n) is 13.1. The SMILES string of the molecule is CC1(C)CCCCC1Nc1ccc(C(=O)NC2CC2)cc1. The Hall–Kier alpha value is -1.51. The molecule has 0 heterocycles. The van der Waals surface area contributed by atoms with Gasteiger partial charge in [-0.3, -0.25) is 4.79 Å². The molecule has 0 bridgehead atoms. The van der Waals surface area contributed by atoms with Gasteiger partial charge in [-0.2, -0.15) is 0 Å². The van der Waals surface area contributed by atoms with Crippen LogP contribution < -0.4 is 10.6 Å². The van der Waals surface area contributed by atoms with Gasteiger partial charge in [0.15, 0.2) is 0 Å². The Morgan fingerprint density at radius 2 is 1.81 bits per heavy atom. The Kier molecular flexibility index (Phi) is 3.92. The number of hydrogen-bond acceptors (Lipinski definition) is 2. The number of anilines is 1. The quantitative estimate of drug-likeness (QED) is 0.879. The highest BCUT2D eigenvalue weighted by atomic mass is 16.1. The Bertz CT molecular complexity index is 502. The van der Waals surface area contributed by atoms with Crippen molar-refractivity contribution in [1.29, 1.82) is 0 Å². The predicted molar refractivity (Wildman–Crippen MR) is 86.6 cm³/mol. The second kappa shape index (κ2) is 5.70. The monoisotopic (exact) mass is 286 g/mol. The van der Waals surface area contributed by atoms with Crippen LogP contribution in [0.4, 0.5) is 5.69 Å². The minimum absolute atomic E-state index is 0.0575. The van der Waals surface area contributed by atoms with Crippen molar-refractivity contribution in [2.24, 2.45) is 5.41 Å². The average Bonchev–Trinajstić information content (AvgIpc) is 3.26. The summed E-state index contributed by atoms with van der Waals surface area (Å²) in [5.74, 6) is 0.0575. The summed E-state index contributed by atoms with van der Waals surface area (Å²) >= 11 is 0. The number of benzene rings is 1. The summed E-state index contributed by atoms with van der Waals surface area (Å²) in [6.07, 6.45) is 7.42. The van der Waals surface area contributed by atoms with Gasteiger partial charge in [0, 0.05) is 23.3 Å². The lowest BCUT2D eigenvalue weighted by molar-refractivity contribution is 0.0951. The maximum absolute atomic E-state index is 12.0. The summed E-state index contributed by atoms with van der Waals surface area (Å²) in [5, 5.41) is 6.68. The molecular weight excluding hydrogens is 260 g/mol. The number of carbonyl (C=O) groups excluding carboxylic acids is 1. The molecule has 2 N–H and O–H groups in total. The van der Waals surface area contributed by atoms with Gasteiger partial charge in [0.2, 0.25) is 0 Å². The summed E-state index contributed by atoms with van der Waals surface area (Å²) in [5.41, 5.74) is 2.23. The fourth-order valence-corrected chi connectivity index (χ4v) is 3.18. The van der Waals surface area contributed by atoms with Crippen LogP contribution in [-0.2, 0) is 0 Å². The van der Waals surface area contributed by atoms with Crippen molar-refractivity contribution < 1.29 is 4.79 Å². The molecule has 2 saturated carbocycles. The summed E-state index contributed by atoms with van der Waals surface area (Å²) in [6.45, 7) is 4.70. The van der Waals surface area contributed by atoms with E-state index in [4.69, 9.17) is 0 Å². The summed E-state index contributed by atoms with van der Waals surface area (Å²) < 4.78 is 0. The third-order valence-corrected chi connectivity index (χ3v) is 4.91. The van der Waals surface area contributed by atoms with Gasteiger partial charge in [-0.15, -0.1) is 0 Å². The van der Waals surface area contributed by atoms with E-state index in [0.29, 0.717) is 17.5 Å². The van der Waals surface area contributed by atoms with Crippen molar-refractivity contribution in [2.75, 3.05) is 5.32 Å². The second-order valence-corrected chi connectivity index (χ2v) is 7.26. The van der Waals surface area contributed by atoms with E-state index in [1.165, 1.54) is 25.7 Å². The molecule has 1 unspecified atom stereocenters. The molecule has 1 atom stereocenters. The molecule has 3 heteroatoms. The zero-order chi connectivity index (χ0) is 14.9. The van der Waals surface area contributed by atoms with Crippen LogP contribution in [0.2, 0.25) is 0 Å². The van der Waals surface area contributed by atoms with E-state index in [1.54, 1.807) is 0 Å². The zero-order valence-corrected chi connectivity index (χ0v) is 13.1. The third kappa shape index (κ3) is 3.58. The Morgan fingerprint density at radius 3 is 2.43 bits per heavy atom. The van der Waals surface area contributed by atoms with Crippen LogP contribution in [0.25, 0.3) is 0 Å². The van der Waals surface area contributed by atoms with Crippen molar-refractivity contribution in [2.45, 2.75) is 64.5 Å². The Morgan fingerprint density at radius 1 is 1.10 bits per heavy atom. The van der Waals surface area contributed by atoms with E-state index in [9.17, 15) is 4.79 Å². The molecule has 0 saturated heterocycles. The number of hydrogen-bond donors (Lipinski definition) is 2. The molecule has 1 aromatic carbocycles. The lowest BCUT2D eigenvalue weighted by Gasteiger charge is -2.39. The molecule has 1 amide bonds. The van der Waals surface area contributed by atoms with Crippen molar-refractivity contribution >= 4 is 11.6 Å². The van der Waals surface area contributed by atoms with Crippen molar-refractivity contribution in [1.82, 2.24) is 5.32 Å². The van der Waals surface area contributed by atoms with Crippen molar-refractivity contribution in [3.05, 3.63) is 29.8 Å². The van der Waals surface area contributed by atoms with Gasteiger partial charge in [0.1, 0.15) is 0 Å². The third-order valence-electron chi connectivity index (χ3n) is 4.91. The molecule has 2 aliphatic rings. The summed E-state index contributed by atoms with van der Waals surface area (Å²) in [6, 6.07) is 8.86. The van der Waals surface area contributed by atoms with Gasteiger partial charge in [-0.25, -0.2) is 0 Å². The first kappa shape index (κ1) is 14.4. The van der Waals surface area contributed by atoms with Crippen LogP contribution >= 0.6 is 0 Å². The fourth-order valence-electron chi connectivity index (χ4n) is 3.18.